The van der Waals surface area contributed by atoms with Crippen LogP contribution in [0.2, 0.25) is 0 Å². The van der Waals surface area contributed by atoms with Crippen LogP contribution in [0.25, 0.3) is 0 Å². The number of hydrogen-bond acceptors (Lipinski definition) is 3. The van der Waals surface area contributed by atoms with Crippen LogP contribution in [0.15, 0.2) is 0 Å². The zero-order valence-electron chi connectivity index (χ0n) is 6.87. The van der Waals surface area contributed by atoms with Crippen LogP contribution in [-0.4, -0.2) is 29.3 Å². The molecule has 1 amide bonds. The fraction of sp³-hybridized carbons (Fsp3) is 0.857. The molecule has 0 aromatic rings. The molecule has 4 nitrogen and oxygen atoms in total. The first-order valence-electron chi connectivity index (χ1n) is 3.49. The maximum absolute atomic E-state index is 10.7. The van der Waals surface area contributed by atoms with E-state index in [0.717, 1.165) is 0 Å². The second-order valence-electron chi connectivity index (χ2n) is 3.09. The molecule has 0 radical (unpaired) electrons. The molecule has 0 spiro atoms. The van der Waals surface area contributed by atoms with Gasteiger partial charge in [0.15, 0.2) is 0 Å². The van der Waals surface area contributed by atoms with Crippen LogP contribution in [0, 0.1) is 11.3 Å². The van der Waals surface area contributed by atoms with Crippen LogP contribution in [0.1, 0.15) is 13.8 Å². The van der Waals surface area contributed by atoms with Crippen molar-refractivity contribution in [1.82, 2.24) is 0 Å². The zero-order valence-corrected chi connectivity index (χ0v) is 6.87. The summed E-state index contributed by atoms with van der Waals surface area (Å²) in [6.07, 6.45) is 0. The third-order valence-corrected chi connectivity index (χ3v) is 2.19. The summed E-state index contributed by atoms with van der Waals surface area (Å²) in [5.74, 6) is -1.02. The van der Waals surface area contributed by atoms with E-state index in [0.29, 0.717) is 0 Å². The van der Waals surface area contributed by atoms with Crippen molar-refractivity contribution in [3.05, 3.63) is 0 Å². The summed E-state index contributed by atoms with van der Waals surface area (Å²) >= 11 is 0. The second-order valence-corrected chi connectivity index (χ2v) is 3.09. The number of rotatable bonds is 4. The van der Waals surface area contributed by atoms with Crippen LogP contribution in [-0.2, 0) is 4.79 Å². The quantitative estimate of drug-likeness (QED) is 0.499. The first kappa shape index (κ1) is 10.4. The van der Waals surface area contributed by atoms with Crippen molar-refractivity contribution in [3.8, 4) is 0 Å². The Bertz CT molecular complexity index is 143. The van der Waals surface area contributed by atoms with Crippen LogP contribution < -0.4 is 5.73 Å². The van der Waals surface area contributed by atoms with Gasteiger partial charge >= 0.3 is 0 Å². The Kier molecular flexibility index (Phi) is 3.48. The molecule has 0 aliphatic carbocycles. The SMILES string of the molecule is CC(C(N)=O)C(C)(CO)CO. The largest absolute Gasteiger partial charge is 0.396 e. The normalized spacial score (nSPS) is 14.5. The number of hydrogen-bond donors (Lipinski definition) is 3. The molecule has 1 unspecified atom stereocenters. The molecule has 0 aliphatic heterocycles. The maximum atomic E-state index is 10.7. The molecule has 66 valence electrons. The highest BCUT2D eigenvalue weighted by Gasteiger charge is 2.33. The zero-order chi connectivity index (χ0) is 9.07. The Morgan fingerprint density at radius 3 is 2.00 bits per heavy atom. The van der Waals surface area contributed by atoms with Crippen LogP contribution in [0.3, 0.4) is 0 Å². The van der Waals surface area contributed by atoms with E-state index in [9.17, 15) is 4.79 Å². The average Bonchev–Trinajstić information content (AvgIpc) is 2.01. The predicted octanol–water partition coefficient (Wildman–Crippen LogP) is -0.901. The lowest BCUT2D eigenvalue weighted by atomic mass is 9.79. The summed E-state index contributed by atoms with van der Waals surface area (Å²) in [5, 5.41) is 17.7. The molecular weight excluding hydrogens is 146 g/mol. The number of primary amides is 1. The monoisotopic (exact) mass is 161 g/mol. The Balaban J connectivity index is 4.36. The Morgan fingerprint density at radius 1 is 1.55 bits per heavy atom. The molecule has 0 fully saturated rings. The van der Waals surface area contributed by atoms with Gasteiger partial charge in [0.1, 0.15) is 0 Å². The number of aliphatic hydroxyl groups is 2. The summed E-state index contributed by atoms with van der Waals surface area (Å²) in [6.45, 7) is 2.72. The molecule has 4 heteroatoms. The van der Waals surface area contributed by atoms with E-state index in [1.54, 1.807) is 13.8 Å². The molecule has 0 heterocycles. The van der Waals surface area contributed by atoms with Crippen molar-refractivity contribution in [3.63, 3.8) is 0 Å². The van der Waals surface area contributed by atoms with Gasteiger partial charge in [-0.25, -0.2) is 0 Å². The van der Waals surface area contributed by atoms with E-state index in [4.69, 9.17) is 15.9 Å². The molecule has 0 saturated carbocycles. The van der Waals surface area contributed by atoms with Crippen LogP contribution in [0.5, 0.6) is 0 Å². The number of carbonyl (C=O) groups excluding carboxylic acids is 1. The van der Waals surface area contributed by atoms with E-state index in [1.807, 2.05) is 0 Å². The van der Waals surface area contributed by atoms with E-state index < -0.39 is 17.2 Å². The highest BCUT2D eigenvalue weighted by Crippen LogP contribution is 2.25. The lowest BCUT2D eigenvalue weighted by Gasteiger charge is -2.29. The van der Waals surface area contributed by atoms with Gasteiger partial charge in [-0.05, 0) is 0 Å². The highest BCUT2D eigenvalue weighted by molar-refractivity contribution is 5.77. The minimum absolute atomic E-state index is 0.242. The van der Waals surface area contributed by atoms with E-state index in [1.165, 1.54) is 0 Å². The van der Waals surface area contributed by atoms with Crippen molar-refractivity contribution in [2.75, 3.05) is 13.2 Å². The summed E-state index contributed by atoms with van der Waals surface area (Å²) in [6, 6.07) is 0. The van der Waals surface area contributed by atoms with Gasteiger partial charge in [0.05, 0.1) is 13.2 Å². The Morgan fingerprint density at radius 2 is 1.91 bits per heavy atom. The lowest BCUT2D eigenvalue weighted by Crippen LogP contribution is -2.40. The standard InChI is InChI=1S/C7H15NO3/c1-5(6(8)11)7(2,3-9)4-10/h5,9-10H,3-4H2,1-2H3,(H2,8,11). The van der Waals surface area contributed by atoms with Gasteiger partial charge in [0.2, 0.25) is 5.91 Å². The first-order chi connectivity index (χ1) is 4.98. The molecule has 0 saturated heterocycles. The molecular formula is C7H15NO3. The van der Waals surface area contributed by atoms with Crippen molar-refractivity contribution in [2.24, 2.45) is 17.1 Å². The van der Waals surface area contributed by atoms with Crippen molar-refractivity contribution in [2.45, 2.75) is 13.8 Å². The fourth-order valence-electron chi connectivity index (χ4n) is 0.667. The first-order valence-corrected chi connectivity index (χ1v) is 3.49. The highest BCUT2D eigenvalue weighted by atomic mass is 16.3. The number of nitrogens with two attached hydrogens (primary N) is 1. The van der Waals surface area contributed by atoms with Gasteiger partial charge in [0, 0.05) is 11.3 Å². The van der Waals surface area contributed by atoms with Crippen LogP contribution in [0.4, 0.5) is 0 Å². The predicted molar refractivity (Wildman–Crippen MR) is 40.6 cm³/mol. The lowest BCUT2D eigenvalue weighted by molar-refractivity contribution is -0.127. The van der Waals surface area contributed by atoms with Crippen molar-refractivity contribution >= 4 is 5.91 Å². The Hall–Kier alpha value is -0.610. The summed E-state index contributed by atoms with van der Waals surface area (Å²) in [4.78, 5) is 10.7. The molecule has 0 aliphatic rings. The van der Waals surface area contributed by atoms with E-state index in [2.05, 4.69) is 0 Å². The topological polar surface area (TPSA) is 83.6 Å². The summed E-state index contributed by atoms with van der Waals surface area (Å²) < 4.78 is 0. The summed E-state index contributed by atoms with van der Waals surface area (Å²) in [5.41, 5.74) is 4.21. The van der Waals surface area contributed by atoms with Gasteiger partial charge in [0.25, 0.3) is 0 Å². The third kappa shape index (κ3) is 2.17. The number of aliphatic hydroxyl groups excluding tert-OH is 2. The van der Waals surface area contributed by atoms with Crippen molar-refractivity contribution < 1.29 is 15.0 Å². The minimum Gasteiger partial charge on any atom is -0.396 e. The van der Waals surface area contributed by atoms with Crippen LogP contribution >= 0.6 is 0 Å². The van der Waals surface area contributed by atoms with Gasteiger partial charge in [-0.2, -0.15) is 0 Å². The smallest absolute Gasteiger partial charge is 0.220 e. The second kappa shape index (κ2) is 3.69. The van der Waals surface area contributed by atoms with Gasteiger partial charge in [-0.3, -0.25) is 4.79 Å². The molecule has 0 aromatic heterocycles. The van der Waals surface area contributed by atoms with E-state index >= 15 is 0 Å². The number of carbonyl (C=O) groups is 1. The Labute approximate surface area is 66.0 Å². The molecule has 0 bridgehead atoms. The molecule has 4 N–H and O–H groups in total. The minimum atomic E-state index is -0.800. The molecule has 0 aromatic carbocycles. The molecule has 1 atom stereocenters. The van der Waals surface area contributed by atoms with Crippen molar-refractivity contribution in [1.29, 1.82) is 0 Å². The molecule has 0 rings (SSSR count). The average molecular weight is 161 g/mol. The summed E-state index contributed by atoms with van der Waals surface area (Å²) in [7, 11) is 0. The van der Waals surface area contributed by atoms with Gasteiger partial charge in [-0.15, -0.1) is 0 Å². The third-order valence-electron chi connectivity index (χ3n) is 2.19. The van der Waals surface area contributed by atoms with E-state index in [-0.39, 0.29) is 13.2 Å². The van der Waals surface area contributed by atoms with Gasteiger partial charge < -0.3 is 15.9 Å². The number of amides is 1. The molecule has 11 heavy (non-hydrogen) atoms. The van der Waals surface area contributed by atoms with Gasteiger partial charge in [-0.1, -0.05) is 13.8 Å². The fourth-order valence-corrected chi connectivity index (χ4v) is 0.667. The maximum Gasteiger partial charge on any atom is 0.220 e.